The van der Waals surface area contributed by atoms with Crippen molar-refractivity contribution in [3.05, 3.63) is 28.7 Å². The first-order valence-electron chi connectivity index (χ1n) is 6.68. The van der Waals surface area contributed by atoms with Gasteiger partial charge in [-0.3, -0.25) is 20.4 Å². The third kappa shape index (κ3) is 7.13. The molecule has 0 aromatic heterocycles. The van der Waals surface area contributed by atoms with Crippen molar-refractivity contribution in [1.29, 1.82) is 0 Å². The Kier molecular flexibility index (Phi) is 6.20. The average molecular weight is 357 g/mol. The maximum absolute atomic E-state index is 11.8. The van der Waals surface area contributed by atoms with Crippen LogP contribution in [0, 0.1) is 5.41 Å². The quantitative estimate of drug-likeness (QED) is 0.815. The van der Waals surface area contributed by atoms with E-state index in [4.69, 9.17) is 4.74 Å². The first-order valence-corrected chi connectivity index (χ1v) is 7.47. The molecule has 1 aromatic carbocycles. The normalized spacial score (nSPS) is 12.4. The Bertz CT molecular complexity index is 512. The number of hydrazine groups is 1. The molecule has 1 unspecified atom stereocenters. The number of benzene rings is 1. The molecule has 0 heterocycles. The van der Waals surface area contributed by atoms with Gasteiger partial charge in [-0.2, -0.15) is 0 Å². The second-order valence-corrected chi connectivity index (χ2v) is 6.91. The highest BCUT2D eigenvalue weighted by atomic mass is 79.9. The lowest BCUT2D eigenvalue weighted by molar-refractivity contribution is -0.133. The van der Waals surface area contributed by atoms with Crippen molar-refractivity contribution in [3.8, 4) is 5.75 Å². The molecule has 1 aromatic rings. The van der Waals surface area contributed by atoms with Crippen LogP contribution in [0.2, 0.25) is 0 Å². The van der Waals surface area contributed by atoms with E-state index in [1.54, 1.807) is 19.1 Å². The fourth-order valence-corrected chi connectivity index (χ4v) is 1.93. The van der Waals surface area contributed by atoms with Crippen LogP contribution in [-0.4, -0.2) is 17.9 Å². The van der Waals surface area contributed by atoms with Crippen LogP contribution in [0.15, 0.2) is 28.7 Å². The molecular weight excluding hydrogens is 336 g/mol. The zero-order valence-electron chi connectivity index (χ0n) is 12.7. The number of nitrogens with one attached hydrogen (secondary N) is 2. The van der Waals surface area contributed by atoms with Gasteiger partial charge in [-0.1, -0.05) is 42.8 Å². The largest absolute Gasteiger partial charge is 0.481 e. The molecule has 0 fully saturated rings. The molecule has 2 N–H and O–H groups in total. The van der Waals surface area contributed by atoms with E-state index in [0.717, 1.165) is 4.47 Å². The molecular formula is C15H21BrN2O3. The van der Waals surface area contributed by atoms with Gasteiger partial charge in [-0.25, -0.2) is 0 Å². The molecule has 0 bridgehead atoms. The minimum absolute atomic E-state index is 0.132. The summed E-state index contributed by atoms with van der Waals surface area (Å²) in [6.45, 7) is 7.47. The molecule has 0 aliphatic carbocycles. The molecule has 116 valence electrons. The first-order chi connectivity index (χ1) is 9.67. The van der Waals surface area contributed by atoms with Crippen LogP contribution in [-0.2, 0) is 9.59 Å². The molecule has 0 radical (unpaired) electrons. The standard InChI is InChI=1S/C15H21BrN2O3/c1-10(21-12-7-5-6-11(16)8-12)14(20)18-17-13(19)9-15(2,3)4/h5-8,10H,9H2,1-4H3,(H,17,19)(H,18,20). The maximum Gasteiger partial charge on any atom is 0.279 e. The van der Waals surface area contributed by atoms with Crippen molar-refractivity contribution in [1.82, 2.24) is 10.9 Å². The van der Waals surface area contributed by atoms with E-state index < -0.39 is 12.0 Å². The predicted molar refractivity (Wildman–Crippen MR) is 84.6 cm³/mol. The lowest BCUT2D eigenvalue weighted by Gasteiger charge is -2.19. The summed E-state index contributed by atoms with van der Waals surface area (Å²) in [7, 11) is 0. The minimum Gasteiger partial charge on any atom is -0.481 e. The van der Waals surface area contributed by atoms with E-state index in [9.17, 15) is 9.59 Å². The van der Waals surface area contributed by atoms with Gasteiger partial charge < -0.3 is 4.74 Å². The third-order valence-electron chi connectivity index (χ3n) is 2.49. The topological polar surface area (TPSA) is 67.4 Å². The van der Waals surface area contributed by atoms with Crippen molar-refractivity contribution >= 4 is 27.7 Å². The van der Waals surface area contributed by atoms with E-state index in [-0.39, 0.29) is 11.3 Å². The number of ether oxygens (including phenoxy) is 1. The summed E-state index contributed by atoms with van der Waals surface area (Å²) in [6, 6.07) is 7.20. The van der Waals surface area contributed by atoms with Crippen molar-refractivity contribution in [3.63, 3.8) is 0 Å². The molecule has 0 aliphatic rings. The van der Waals surface area contributed by atoms with Crippen molar-refractivity contribution in [2.45, 2.75) is 40.2 Å². The summed E-state index contributed by atoms with van der Waals surface area (Å²) in [4.78, 5) is 23.5. The van der Waals surface area contributed by atoms with Crippen molar-refractivity contribution in [2.24, 2.45) is 5.41 Å². The van der Waals surface area contributed by atoms with E-state index in [2.05, 4.69) is 26.8 Å². The Hall–Kier alpha value is -1.56. The van der Waals surface area contributed by atoms with Crippen LogP contribution in [0.25, 0.3) is 0 Å². The minimum atomic E-state index is -0.714. The lowest BCUT2D eigenvalue weighted by Crippen LogP contribution is -2.47. The zero-order chi connectivity index (χ0) is 16.0. The van der Waals surface area contributed by atoms with Crippen LogP contribution in [0.3, 0.4) is 0 Å². The van der Waals surface area contributed by atoms with E-state index in [1.807, 2.05) is 32.9 Å². The SMILES string of the molecule is CC(Oc1cccc(Br)c1)C(=O)NNC(=O)CC(C)(C)C. The summed E-state index contributed by atoms with van der Waals surface area (Å²) in [5.41, 5.74) is 4.62. The molecule has 0 aliphatic heterocycles. The predicted octanol–water partition coefficient (Wildman–Crippen LogP) is 2.80. The van der Waals surface area contributed by atoms with E-state index >= 15 is 0 Å². The molecule has 2 amide bonds. The highest BCUT2D eigenvalue weighted by Gasteiger charge is 2.18. The summed E-state index contributed by atoms with van der Waals surface area (Å²) in [6.07, 6.45) is -0.386. The van der Waals surface area contributed by atoms with Crippen molar-refractivity contribution in [2.75, 3.05) is 0 Å². The van der Waals surface area contributed by atoms with Gasteiger partial charge in [0.1, 0.15) is 5.75 Å². The van der Waals surface area contributed by atoms with Gasteiger partial charge in [0.15, 0.2) is 6.10 Å². The average Bonchev–Trinajstić information content (AvgIpc) is 2.33. The smallest absolute Gasteiger partial charge is 0.279 e. The summed E-state index contributed by atoms with van der Waals surface area (Å²) in [5.74, 6) is -0.0595. The molecule has 6 heteroatoms. The molecule has 1 atom stereocenters. The number of carbonyl (C=O) groups is 2. The summed E-state index contributed by atoms with van der Waals surface area (Å²) >= 11 is 3.33. The van der Waals surface area contributed by atoms with Crippen LogP contribution in [0.4, 0.5) is 0 Å². The van der Waals surface area contributed by atoms with Gasteiger partial charge in [-0.15, -0.1) is 0 Å². The Morgan fingerprint density at radius 2 is 1.95 bits per heavy atom. The fraction of sp³-hybridized carbons (Fsp3) is 0.467. The lowest BCUT2D eigenvalue weighted by atomic mass is 9.92. The third-order valence-corrected chi connectivity index (χ3v) is 2.99. The Morgan fingerprint density at radius 1 is 1.29 bits per heavy atom. The van der Waals surface area contributed by atoms with Gasteiger partial charge in [0, 0.05) is 10.9 Å². The maximum atomic E-state index is 11.8. The van der Waals surface area contributed by atoms with Crippen LogP contribution >= 0.6 is 15.9 Å². The number of rotatable bonds is 4. The van der Waals surface area contributed by atoms with E-state index in [1.165, 1.54) is 0 Å². The van der Waals surface area contributed by atoms with Gasteiger partial charge in [-0.05, 0) is 30.5 Å². The number of hydrogen-bond acceptors (Lipinski definition) is 3. The molecule has 0 spiro atoms. The number of halogens is 1. The highest BCUT2D eigenvalue weighted by Crippen LogP contribution is 2.19. The number of amides is 2. The summed E-state index contributed by atoms with van der Waals surface area (Å²) < 4.78 is 6.36. The van der Waals surface area contributed by atoms with Gasteiger partial charge in [0.05, 0.1) is 0 Å². The van der Waals surface area contributed by atoms with Gasteiger partial charge in [0.25, 0.3) is 5.91 Å². The Morgan fingerprint density at radius 3 is 2.52 bits per heavy atom. The molecule has 21 heavy (non-hydrogen) atoms. The Labute approximate surface area is 133 Å². The van der Waals surface area contributed by atoms with Crippen LogP contribution in [0.1, 0.15) is 34.1 Å². The number of hydrogen-bond donors (Lipinski definition) is 2. The zero-order valence-corrected chi connectivity index (χ0v) is 14.3. The molecule has 0 saturated carbocycles. The monoisotopic (exact) mass is 356 g/mol. The fourth-order valence-electron chi connectivity index (χ4n) is 1.56. The van der Waals surface area contributed by atoms with Crippen LogP contribution < -0.4 is 15.6 Å². The van der Waals surface area contributed by atoms with Gasteiger partial charge >= 0.3 is 0 Å². The van der Waals surface area contributed by atoms with Gasteiger partial charge in [0.2, 0.25) is 5.91 Å². The first kappa shape index (κ1) is 17.5. The second-order valence-electron chi connectivity index (χ2n) is 5.99. The molecule has 0 saturated heterocycles. The van der Waals surface area contributed by atoms with E-state index in [0.29, 0.717) is 12.2 Å². The number of carbonyl (C=O) groups excluding carboxylic acids is 2. The molecule has 1 rings (SSSR count). The Balaban J connectivity index is 2.43. The molecule has 5 nitrogen and oxygen atoms in total. The highest BCUT2D eigenvalue weighted by molar-refractivity contribution is 9.10. The summed E-state index contributed by atoms with van der Waals surface area (Å²) in [5, 5.41) is 0. The van der Waals surface area contributed by atoms with Crippen LogP contribution in [0.5, 0.6) is 5.75 Å². The second kappa shape index (κ2) is 7.45. The van der Waals surface area contributed by atoms with Crippen molar-refractivity contribution < 1.29 is 14.3 Å².